The number of hydrazine groups is 1. The summed E-state index contributed by atoms with van der Waals surface area (Å²) in [5.41, 5.74) is 7.51. The number of amides is 1. The Hall–Kier alpha value is -1.89. The summed E-state index contributed by atoms with van der Waals surface area (Å²) in [6.07, 6.45) is 2.20. The number of primary amides is 1. The number of rotatable bonds is 5. The van der Waals surface area contributed by atoms with Gasteiger partial charge in [-0.15, -0.1) is 0 Å². The lowest BCUT2D eigenvalue weighted by Crippen LogP contribution is -2.22. The van der Waals surface area contributed by atoms with Crippen molar-refractivity contribution >= 4 is 17.5 Å². The summed E-state index contributed by atoms with van der Waals surface area (Å²) >= 11 is 0. The quantitative estimate of drug-likeness (QED) is 0.395. The zero-order chi connectivity index (χ0) is 11.5. The van der Waals surface area contributed by atoms with Crippen LogP contribution in [0.1, 0.15) is 24.6 Å². The Morgan fingerprint density at radius 1 is 1.44 bits per heavy atom. The van der Waals surface area contributed by atoms with Gasteiger partial charge in [-0.05, 0) is 12.8 Å². The fourth-order valence-electron chi connectivity index (χ4n) is 1.33. The standard InChI is InChI=1S/C9H14N6O/c10-6(16)4-12-7-3-8(15-11)14-9(13-7)5-1-2-5/h3,5H,1-2,4,11H2,(H2,10,16)(H2,12,13,14,15). The summed E-state index contributed by atoms with van der Waals surface area (Å²) in [5, 5.41) is 2.82. The van der Waals surface area contributed by atoms with Gasteiger partial charge in [0.1, 0.15) is 17.5 Å². The Balaban J connectivity index is 2.15. The first-order chi connectivity index (χ1) is 7.69. The van der Waals surface area contributed by atoms with E-state index in [0.717, 1.165) is 18.7 Å². The lowest BCUT2D eigenvalue weighted by Gasteiger charge is -2.07. The number of nitrogens with two attached hydrogens (primary N) is 2. The number of hydrogen-bond donors (Lipinski definition) is 4. The second-order valence-corrected chi connectivity index (χ2v) is 3.74. The van der Waals surface area contributed by atoms with E-state index in [-0.39, 0.29) is 6.54 Å². The molecule has 0 radical (unpaired) electrons. The molecule has 1 heterocycles. The molecule has 0 spiro atoms. The summed E-state index contributed by atoms with van der Waals surface area (Å²) in [5.74, 6) is 7.13. The summed E-state index contributed by atoms with van der Waals surface area (Å²) in [4.78, 5) is 19.2. The number of nitrogens with one attached hydrogen (secondary N) is 2. The molecule has 1 amide bonds. The molecule has 1 aromatic heterocycles. The zero-order valence-electron chi connectivity index (χ0n) is 8.73. The largest absolute Gasteiger partial charge is 0.368 e. The average Bonchev–Trinajstić information content (AvgIpc) is 3.09. The summed E-state index contributed by atoms with van der Waals surface area (Å²) in [7, 11) is 0. The minimum absolute atomic E-state index is 0.0468. The Kier molecular flexibility index (Phi) is 2.86. The van der Waals surface area contributed by atoms with E-state index >= 15 is 0 Å². The van der Waals surface area contributed by atoms with Crippen LogP contribution in [0.15, 0.2) is 6.07 Å². The lowest BCUT2D eigenvalue weighted by molar-refractivity contribution is -0.116. The highest BCUT2D eigenvalue weighted by atomic mass is 16.1. The third-order valence-corrected chi connectivity index (χ3v) is 2.28. The van der Waals surface area contributed by atoms with Gasteiger partial charge in [-0.1, -0.05) is 0 Å². The third-order valence-electron chi connectivity index (χ3n) is 2.28. The normalized spacial score (nSPS) is 14.6. The van der Waals surface area contributed by atoms with E-state index in [1.165, 1.54) is 0 Å². The van der Waals surface area contributed by atoms with Gasteiger partial charge in [0.15, 0.2) is 0 Å². The Bertz CT molecular complexity index is 403. The molecule has 1 fully saturated rings. The van der Waals surface area contributed by atoms with Gasteiger partial charge in [0.25, 0.3) is 0 Å². The molecule has 16 heavy (non-hydrogen) atoms. The van der Waals surface area contributed by atoms with Crippen molar-refractivity contribution in [3.8, 4) is 0 Å². The van der Waals surface area contributed by atoms with E-state index in [1.807, 2.05) is 0 Å². The van der Waals surface area contributed by atoms with Gasteiger partial charge in [0, 0.05) is 12.0 Å². The summed E-state index contributed by atoms with van der Waals surface area (Å²) in [6, 6.07) is 1.63. The number of aromatic nitrogens is 2. The maximum atomic E-state index is 10.6. The first kappa shape index (κ1) is 10.6. The minimum Gasteiger partial charge on any atom is -0.368 e. The second-order valence-electron chi connectivity index (χ2n) is 3.74. The van der Waals surface area contributed by atoms with Crippen molar-refractivity contribution in [2.45, 2.75) is 18.8 Å². The molecule has 7 nitrogen and oxygen atoms in total. The molecule has 0 aromatic carbocycles. The predicted molar refractivity (Wildman–Crippen MR) is 59.5 cm³/mol. The van der Waals surface area contributed by atoms with Gasteiger partial charge < -0.3 is 16.5 Å². The molecule has 0 aliphatic heterocycles. The molecule has 1 aliphatic carbocycles. The Labute approximate surface area is 92.6 Å². The van der Waals surface area contributed by atoms with Gasteiger partial charge in [0.2, 0.25) is 5.91 Å². The van der Waals surface area contributed by atoms with Crippen LogP contribution in [0.5, 0.6) is 0 Å². The molecule has 0 bridgehead atoms. The highest BCUT2D eigenvalue weighted by Gasteiger charge is 2.27. The fourth-order valence-corrected chi connectivity index (χ4v) is 1.33. The molecule has 1 aromatic rings. The number of carbonyl (C=O) groups excluding carboxylic acids is 1. The molecule has 0 unspecified atom stereocenters. The van der Waals surface area contributed by atoms with E-state index in [9.17, 15) is 4.79 Å². The number of carbonyl (C=O) groups is 1. The number of nitrogens with zero attached hydrogens (tertiary/aromatic N) is 2. The molecule has 6 N–H and O–H groups in total. The maximum absolute atomic E-state index is 10.6. The van der Waals surface area contributed by atoms with E-state index < -0.39 is 5.91 Å². The highest BCUT2D eigenvalue weighted by molar-refractivity contribution is 5.78. The van der Waals surface area contributed by atoms with E-state index in [2.05, 4.69) is 20.7 Å². The van der Waals surface area contributed by atoms with E-state index in [1.54, 1.807) is 6.07 Å². The Morgan fingerprint density at radius 3 is 2.69 bits per heavy atom. The maximum Gasteiger partial charge on any atom is 0.236 e. The number of anilines is 2. The molecular formula is C9H14N6O. The summed E-state index contributed by atoms with van der Waals surface area (Å²) in [6.45, 7) is 0.0468. The topological polar surface area (TPSA) is 119 Å². The highest BCUT2D eigenvalue weighted by Crippen LogP contribution is 2.38. The smallest absolute Gasteiger partial charge is 0.236 e. The lowest BCUT2D eigenvalue weighted by atomic mass is 10.3. The van der Waals surface area contributed by atoms with Crippen LogP contribution < -0.4 is 22.3 Å². The minimum atomic E-state index is -0.436. The van der Waals surface area contributed by atoms with Crippen molar-refractivity contribution in [3.63, 3.8) is 0 Å². The van der Waals surface area contributed by atoms with Gasteiger partial charge in [0.05, 0.1) is 6.54 Å². The van der Waals surface area contributed by atoms with E-state index in [0.29, 0.717) is 17.6 Å². The van der Waals surface area contributed by atoms with Gasteiger partial charge in [-0.25, -0.2) is 15.8 Å². The molecule has 0 atom stereocenters. The first-order valence-electron chi connectivity index (χ1n) is 5.07. The molecular weight excluding hydrogens is 208 g/mol. The van der Waals surface area contributed by atoms with Crippen LogP contribution in [-0.2, 0) is 4.79 Å². The second kappa shape index (κ2) is 4.31. The average molecular weight is 222 g/mol. The van der Waals surface area contributed by atoms with Crippen LogP contribution in [-0.4, -0.2) is 22.4 Å². The van der Waals surface area contributed by atoms with Crippen molar-refractivity contribution in [1.82, 2.24) is 9.97 Å². The van der Waals surface area contributed by atoms with Crippen molar-refractivity contribution in [1.29, 1.82) is 0 Å². The van der Waals surface area contributed by atoms with Gasteiger partial charge in [-0.3, -0.25) is 4.79 Å². The van der Waals surface area contributed by atoms with Crippen molar-refractivity contribution < 1.29 is 4.79 Å². The monoisotopic (exact) mass is 222 g/mol. The van der Waals surface area contributed by atoms with Crippen molar-refractivity contribution in [3.05, 3.63) is 11.9 Å². The number of nitrogen functional groups attached to an aromatic ring is 1. The van der Waals surface area contributed by atoms with Crippen molar-refractivity contribution in [2.75, 3.05) is 17.3 Å². The summed E-state index contributed by atoms with van der Waals surface area (Å²) < 4.78 is 0. The van der Waals surface area contributed by atoms with Crippen LogP contribution in [0.4, 0.5) is 11.6 Å². The van der Waals surface area contributed by atoms with Crippen LogP contribution in [0.25, 0.3) is 0 Å². The Morgan fingerprint density at radius 2 is 2.12 bits per heavy atom. The molecule has 7 heteroatoms. The molecule has 0 saturated heterocycles. The number of hydrogen-bond acceptors (Lipinski definition) is 6. The third kappa shape index (κ3) is 2.57. The predicted octanol–water partition coefficient (Wildman–Crippen LogP) is -0.463. The molecule has 1 aliphatic rings. The van der Waals surface area contributed by atoms with Crippen LogP contribution >= 0.6 is 0 Å². The SMILES string of the molecule is NNc1cc(NCC(N)=O)nc(C2CC2)n1. The molecule has 1 saturated carbocycles. The fraction of sp³-hybridized carbons (Fsp3) is 0.444. The molecule has 2 rings (SSSR count). The van der Waals surface area contributed by atoms with Gasteiger partial charge >= 0.3 is 0 Å². The van der Waals surface area contributed by atoms with Crippen LogP contribution in [0.3, 0.4) is 0 Å². The van der Waals surface area contributed by atoms with Crippen LogP contribution in [0.2, 0.25) is 0 Å². The van der Waals surface area contributed by atoms with Crippen molar-refractivity contribution in [2.24, 2.45) is 11.6 Å². The van der Waals surface area contributed by atoms with Crippen LogP contribution in [0, 0.1) is 0 Å². The zero-order valence-corrected chi connectivity index (χ0v) is 8.73. The van der Waals surface area contributed by atoms with Gasteiger partial charge in [-0.2, -0.15) is 0 Å². The molecule has 86 valence electrons. The first-order valence-corrected chi connectivity index (χ1v) is 5.07. The van der Waals surface area contributed by atoms with E-state index in [4.69, 9.17) is 11.6 Å².